The molecule has 0 aliphatic carbocycles. The monoisotopic (exact) mass is 805 g/mol. The highest BCUT2D eigenvalue weighted by Gasteiger charge is 2.39. The number of hydrogen-bond acceptors (Lipinski definition) is 8. The number of halogens is 4. The molecular weight excluding hydrogens is 763 g/mol. The highest BCUT2D eigenvalue weighted by Crippen LogP contribution is 2.40. The summed E-state index contributed by atoms with van der Waals surface area (Å²) in [6, 6.07) is 11.0. The van der Waals surface area contributed by atoms with E-state index < -0.39 is 55.4 Å². The summed E-state index contributed by atoms with van der Waals surface area (Å²) in [5.41, 5.74) is 0.953. The summed E-state index contributed by atoms with van der Waals surface area (Å²) in [5, 5.41) is 12.7. The number of fused-ring (bicyclic) bond motifs is 3. The van der Waals surface area contributed by atoms with Crippen LogP contribution < -0.4 is 9.84 Å². The zero-order valence-corrected chi connectivity index (χ0v) is 32.9. The molecule has 0 saturated carbocycles. The molecule has 2 bridgehead atoms. The molecule has 7 rings (SSSR count). The van der Waals surface area contributed by atoms with Crippen molar-refractivity contribution in [3.8, 4) is 11.4 Å². The van der Waals surface area contributed by atoms with Gasteiger partial charge in [-0.25, -0.2) is 26.6 Å². The Morgan fingerprint density at radius 2 is 1.69 bits per heavy atom. The van der Waals surface area contributed by atoms with Gasteiger partial charge in [0, 0.05) is 55.0 Å². The molecule has 0 amide bonds. The minimum absolute atomic E-state index is 0.143. The second-order valence-electron chi connectivity index (χ2n) is 14.4. The molecule has 4 heterocycles. The first-order chi connectivity index (χ1) is 25.6. The lowest BCUT2D eigenvalue weighted by molar-refractivity contribution is -0.941. The lowest BCUT2D eigenvalue weighted by Gasteiger charge is -2.50. The number of sulfonamides is 1. The Morgan fingerprint density at radius 1 is 1.06 bits per heavy atom. The van der Waals surface area contributed by atoms with Crippen LogP contribution in [0.5, 0.6) is 5.75 Å². The number of rotatable bonds is 15. The molecule has 10 nitrogen and oxygen atoms in total. The van der Waals surface area contributed by atoms with Crippen LogP contribution in [0.25, 0.3) is 5.69 Å². The zero-order chi connectivity index (χ0) is 39.0. The van der Waals surface area contributed by atoms with E-state index in [1.54, 1.807) is 29.0 Å². The molecule has 16 heteroatoms. The summed E-state index contributed by atoms with van der Waals surface area (Å²) in [6.45, 7) is 11.4. The quantitative estimate of drug-likeness (QED) is 0.119. The maximum Gasteiger partial charge on any atom is 0.243 e. The highest BCUT2D eigenvalue weighted by atomic mass is 35.5. The number of carbonyl (C=O) groups excluding carboxylic acids is 1. The first-order valence-corrected chi connectivity index (χ1v) is 20.5. The van der Waals surface area contributed by atoms with Gasteiger partial charge in [-0.2, -0.15) is 4.31 Å². The predicted octanol–water partition coefficient (Wildman–Crippen LogP) is 5.24. The van der Waals surface area contributed by atoms with Gasteiger partial charge >= 0.3 is 0 Å². The third-order valence-electron chi connectivity index (χ3n) is 10.8. The number of carbonyl (C=O) groups is 1. The smallest absolute Gasteiger partial charge is 0.243 e. The van der Waals surface area contributed by atoms with Gasteiger partial charge in [-0.15, -0.1) is 0 Å². The molecule has 0 spiro atoms. The van der Waals surface area contributed by atoms with Crippen molar-refractivity contribution in [2.24, 2.45) is 0 Å². The van der Waals surface area contributed by atoms with Gasteiger partial charge in [0.25, 0.3) is 0 Å². The first kappa shape index (κ1) is 40.1. The van der Waals surface area contributed by atoms with Gasteiger partial charge in [-0.3, -0.25) is 9.47 Å². The summed E-state index contributed by atoms with van der Waals surface area (Å²) in [7, 11) is -3.13. The van der Waals surface area contributed by atoms with Gasteiger partial charge in [0.05, 0.1) is 67.1 Å². The number of carboxylic acid groups (broad SMARTS) is 1. The zero-order valence-electron chi connectivity index (χ0n) is 30.5. The summed E-state index contributed by atoms with van der Waals surface area (Å²) in [5.74, 6) is -4.08. The van der Waals surface area contributed by atoms with Crippen molar-refractivity contribution in [3.05, 3.63) is 100 Å². The van der Waals surface area contributed by atoms with E-state index in [-0.39, 0.29) is 12.3 Å². The molecule has 0 radical (unpaired) electrons. The van der Waals surface area contributed by atoms with Crippen molar-refractivity contribution in [1.82, 2.24) is 18.8 Å². The van der Waals surface area contributed by atoms with Crippen molar-refractivity contribution in [1.29, 1.82) is 0 Å². The Balaban J connectivity index is 1.26. The molecular formula is C38H43ClF3N5O5S2. The number of aliphatic carboxylic acids is 1. The van der Waals surface area contributed by atoms with Crippen LogP contribution in [-0.2, 0) is 26.0 Å². The summed E-state index contributed by atoms with van der Waals surface area (Å²) < 4.78 is 82.1. The van der Waals surface area contributed by atoms with Gasteiger partial charge in [-0.05, 0) is 61.0 Å². The maximum absolute atomic E-state index is 15.8. The van der Waals surface area contributed by atoms with Crippen LogP contribution in [0.3, 0.4) is 0 Å². The number of thioether (sulfide) groups is 1. The van der Waals surface area contributed by atoms with E-state index in [0.29, 0.717) is 40.3 Å². The fourth-order valence-electron chi connectivity index (χ4n) is 7.32. The first-order valence-electron chi connectivity index (χ1n) is 17.7. The fourth-order valence-corrected chi connectivity index (χ4v) is 10.2. The lowest BCUT2D eigenvalue weighted by atomic mass is 9.81. The summed E-state index contributed by atoms with van der Waals surface area (Å²) in [6.07, 6.45) is 2.01. The third kappa shape index (κ3) is 8.03. The molecule has 3 aromatic carbocycles. The van der Waals surface area contributed by atoms with E-state index in [1.807, 2.05) is 26.0 Å². The standard InChI is InChI=1S/C38H43ClF3N5O5S2/c1-25(36(48)49)45(12-5-16-47-17-13-44(14-18-47)15-19-47)54(50,51)29-21-32(41)30(33(42)22-29)24-53-37-43-23-35(46(37)28-9-7-27(40)8-10-28)38(2,3)26-6-11-31(39)34(20-26)52-4/h6-11,20-23,25H,5,12-19,24H2,1-4H3/t25-/m1/s1. The van der Waals surface area contributed by atoms with Gasteiger partial charge in [-0.1, -0.05) is 43.3 Å². The SMILES string of the molecule is COc1cc(C(C)(C)c2cnc(SCc3c(F)cc(S(=O)(=O)N(CCC[N+]45CCN(CC4)CC5)[C@H](C)C(=O)[O-])cc3F)n2-c2ccc(F)cc2)ccc1Cl. The number of hydrogen-bond donors (Lipinski definition) is 0. The Kier molecular flexibility index (Phi) is 11.8. The molecule has 4 aromatic rings. The summed E-state index contributed by atoms with van der Waals surface area (Å²) in [4.78, 5) is 18.2. The van der Waals surface area contributed by atoms with Crippen LogP contribution in [0.15, 0.2) is 70.8 Å². The number of piperazine rings is 3. The second kappa shape index (κ2) is 15.9. The van der Waals surface area contributed by atoms with Gasteiger partial charge in [0.15, 0.2) is 5.16 Å². The molecule has 3 aliphatic rings. The number of methoxy groups -OCH3 is 1. The highest BCUT2D eigenvalue weighted by molar-refractivity contribution is 7.98. The van der Waals surface area contributed by atoms with Gasteiger partial charge in [0.2, 0.25) is 10.0 Å². The average molecular weight is 806 g/mol. The van der Waals surface area contributed by atoms with E-state index in [9.17, 15) is 22.7 Å². The molecule has 1 aromatic heterocycles. The largest absolute Gasteiger partial charge is 0.548 e. The van der Waals surface area contributed by atoms with Crippen molar-refractivity contribution in [2.45, 2.75) is 54.5 Å². The number of aromatic nitrogens is 2. The van der Waals surface area contributed by atoms with Crippen molar-refractivity contribution >= 4 is 39.4 Å². The molecule has 3 aliphatic heterocycles. The molecule has 290 valence electrons. The Bertz CT molecular complexity index is 2090. The Labute approximate surface area is 323 Å². The number of nitrogens with zero attached hydrogens (tertiary/aromatic N) is 5. The van der Waals surface area contributed by atoms with E-state index in [0.717, 1.165) is 77.5 Å². The minimum atomic E-state index is -4.64. The number of carboxylic acids is 1. The fraction of sp³-hybridized carbons (Fsp3) is 0.421. The molecule has 54 heavy (non-hydrogen) atoms. The average Bonchev–Trinajstić information content (AvgIpc) is 3.58. The number of benzene rings is 3. The number of ether oxygens (including phenoxy) is 1. The third-order valence-corrected chi connectivity index (χ3v) is 14.1. The second-order valence-corrected chi connectivity index (χ2v) is 17.6. The van der Waals surface area contributed by atoms with Crippen LogP contribution in [0.4, 0.5) is 13.2 Å². The lowest BCUT2D eigenvalue weighted by Crippen LogP contribution is -2.67. The van der Waals surface area contributed by atoms with Crippen LogP contribution in [0, 0.1) is 17.5 Å². The van der Waals surface area contributed by atoms with E-state index >= 15 is 8.78 Å². The van der Waals surface area contributed by atoms with E-state index in [1.165, 1.54) is 26.2 Å². The number of imidazole rings is 1. The van der Waals surface area contributed by atoms with Crippen LogP contribution in [0.1, 0.15) is 44.0 Å². The molecule has 1 atom stereocenters. The van der Waals surface area contributed by atoms with E-state index in [2.05, 4.69) is 9.88 Å². The number of quaternary nitrogens is 1. The summed E-state index contributed by atoms with van der Waals surface area (Å²) >= 11 is 7.30. The predicted molar refractivity (Wildman–Crippen MR) is 199 cm³/mol. The molecule has 0 unspecified atom stereocenters. The molecule has 0 N–H and O–H groups in total. The molecule has 3 saturated heterocycles. The van der Waals surface area contributed by atoms with Crippen molar-refractivity contribution < 1.29 is 40.7 Å². The maximum atomic E-state index is 15.8. The van der Waals surface area contributed by atoms with Crippen molar-refractivity contribution in [2.75, 3.05) is 59.5 Å². The van der Waals surface area contributed by atoms with Gasteiger partial charge < -0.3 is 19.1 Å². The van der Waals surface area contributed by atoms with Crippen LogP contribution in [-0.4, -0.2) is 103 Å². The van der Waals surface area contributed by atoms with E-state index in [4.69, 9.17) is 16.3 Å². The topological polar surface area (TPSA) is 108 Å². The molecule has 3 fully saturated rings. The van der Waals surface area contributed by atoms with Gasteiger partial charge in [0.1, 0.15) is 23.2 Å². The Hall–Kier alpha value is -3.60. The van der Waals surface area contributed by atoms with Crippen LogP contribution in [0.2, 0.25) is 5.02 Å². The normalized spacial score (nSPS) is 19.3. The van der Waals surface area contributed by atoms with Crippen molar-refractivity contribution in [3.63, 3.8) is 0 Å². The minimum Gasteiger partial charge on any atom is -0.548 e. The Morgan fingerprint density at radius 3 is 2.28 bits per heavy atom. The van der Waals surface area contributed by atoms with Crippen LogP contribution >= 0.6 is 23.4 Å².